The molecule has 2 aromatic rings. The lowest BCUT2D eigenvalue weighted by Gasteiger charge is -2.38. The fourth-order valence-corrected chi connectivity index (χ4v) is 5.85. The van der Waals surface area contributed by atoms with Crippen molar-refractivity contribution in [2.24, 2.45) is 10.3 Å². The first-order valence-corrected chi connectivity index (χ1v) is 12.0. The molecule has 0 radical (unpaired) electrons. The second-order valence-electron chi connectivity index (χ2n) is 7.55. The standard InChI is InChI=1S/C24H31NO4S/c1-3-29-22-15-14-21(18-28-17-20-10-6-4-7-11-20)24(26,16-22)19-30(27,25-2)23-12-8-5-9-13-23/h4-13,16,21,26H,3,14-15,17-19H2,1-2H3. The molecular weight excluding hydrogens is 398 g/mol. The van der Waals surface area contributed by atoms with Crippen LogP contribution in [0.4, 0.5) is 0 Å². The van der Waals surface area contributed by atoms with Gasteiger partial charge < -0.3 is 14.6 Å². The van der Waals surface area contributed by atoms with E-state index < -0.39 is 15.3 Å². The zero-order valence-electron chi connectivity index (χ0n) is 17.7. The Kier molecular flexibility index (Phi) is 7.69. The average Bonchev–Trinajstić information content (AvgIpc) is 2.76. The predicted octanol–water partition coefficient (Wildman–Crippen LogP) is 4.42. The van der Waals surface area contributed by atoms with E-state index in [-0.39, 0.29) is 11.7 Å². The predicted molar refractivity (Wildman–Crippen MR) is 120 cm³/mol. The maximum atomic E-state index is 13.7. The van der Waals surface area contributed by atoms with Gasteiger partial charge in [-0.15, -0.1) is 0 Å². The van der Waals surface area contributed by atoms with Crippen molar-refractivity contribution in [1.29, 1.82) is 0 Å². The normalized spacial score (nSPS) is 23.3. The van der Waals surface area contributed by atoms with E-state index in [2.05, 4.69) is 4.36 Å². The van der Waals surface area contributed by atoms with Crippen molar-refractivity contribution >= 4 is 9.73 Å². The van der Waals surface area contributed by atoms with Crippen LogP contribution in [0.15, 0.2) is 81.8 Å². The quantitative estimate of drug-likeness (QED) is 0.641. The molecule has 0 aromatic heterocycles. The first-order valence-electron chi connectivity index (χ1n) is 10.4. The molecule has 0 saturated heterocycles. The van der Waals surface area contributed by atoms with Crippen molar-refractivity contribution in [3.63, 3.8) is 0 Å². The van der Waals surface area contributed by atoms with E-state index in [1.165, 1.54) is 0 Å². The van der Waals surface area contributed by atoms with Gasteiger partial charge in [-0.05, 0) is 37.1 Å². The molecule has 2 aromatic carbocycles. The van der Waals surface area contributed by atoms with Gasteiger partial charge in [0.05, 0.1) is 41.1 Å². The first-order chi connectivity index (χ1) is 14.5. The topological polar surface area (TPSA) is 68.1 Å². The Morgan fingerprint density at radius 3 is 2.43 bits per heavy atom. The fourth-order valence-electron chi connectivity index (χ4n) is 3.81. The molecule has 0 bridgehead atoms. The molecule has 3 atom stereocenters. The Labute approximate surface area is 179 Å². The highest BCUT2D eigenvalue weighted by atomic mass is 32.2. The van der Waals surface area contributed by atoms with Crippen LogP contribution in [0.25, 0.3) is 0 Å². The monoisotopic (exact) mass is 429 g/mol. The van der Waals surface area contributed by atoms with Crippen molar-refractivity contribution < 1.29 is 18.8 Å². The third kappa shape index (κ3) is 5.50. The van der Waals surface area contributed by atoms with Gasteiger partial charge in [0, 0.05) is 24.3 Å². The molecule has 1 N–H and O–H groups in total. The van der Waals surface area contributed by atoms with Gasteiger partial charge in [0.2, 0.25) is 0 Å². The summed E-state index contributed by atoms with van der Waals surface area (Å²) in [6, 6.07) is 19.1. The lowest BCUT2D eigenvalue weighted by Crippen LogP contribution is -2.47. The van der Waals surface area contributed by atoms with Crippen LogP contribution in [-0.4, -0.2) is 40.9 Å². The summed E-state index contributed by atoms with van der Waals surface area (Å²) < 4.78 is 29.6. The minimum absolute atomic E-state index is 0.0104. The highest BCUT2D eigenvalue weighted by Crippen LogP contribution is 2.36. The van der Waals surface area contributed by atoms with Gasteiger partial charge in [0.15, 0.2) is 0 Å². The lowest BCUT2D eigenvalue weighted by molar-refractivity contribution is -0.0265. The lowest BCUT2D eigenvalue weighted by atomic mass is 9.81. The summed E-state index contributed by atoms with van der Waals surface area (Å²) in [7, 11) is -1.24. The molecule has 0 saturated carbocycles. The largest absolute Gasteiger partial charge is 0.498 e. The number of allylic oxidation sites excluding steroid dienone is 1. The molecule has 0 heterocycles. The molecule has 0 amide bonds. The maximum Gasteiger partial charge on any atom is 0.104 e. The highest BCUT2D eigenvalue weighted by Gasteiger charge is 2.42. The molecule has 0 spiro atoms. The summed E-state index contributed by atoms with van der Waals surface area (Å²) in [6.45, 7) is 3.30. The zero-order valence-corrected chi connectivity index (χ0v) is 18.5. The van der Waals surface area contributed by atoms with E-state index in [1.54, 1.807) is 25.3 Å². The van der Waals surface area contributed by atoms with Crippen molar-refractivity contribution in [2.45, 2.75) is 36.9 Å². The Bertz CT molecular complexity index is 952. The number of aliphatic hydroxyl groups is 1. The highest BCUT2D eigenvalue weighted by molar-refractivity contribution is 7.93. The molecule has 0 aliphatic heterocycles. The van der Waals surface area contributed by atoms with Crippen molar-refractivity contribution in [1.82, 2.24) is 0 Å². The Hall–Kier alpha value is -2.15. The van der Waals surface area contributed by atoms with Crippen molar-refractivity contribution in [3.8, 4) is 0 Å². The van der Waals surface area contributed by atoms with E-state index in [0.29, 0.717) is 31.1 Å². The number of ether oxygens (including phenoxy) is 2. The van der Waals surface area contributed by atoms with E-state index >= 15 is 0 Å². The zero-order chi connectivity index (χ0) is 21.5. The van der Waals surface area contributed by atoms with Gasteiger partial charge in [0.1, 0.15) is 5.60 Å². The Morgan fingerprint density at radius 1 is 1.13 bits per heavy atom. The van der Waals surface area contributed by atoms with Crippen LogP contribution in [0.1, 0.15) is 25.3 Å². The molecule has 30 heavy (non-hydrogen) atoms. The third-order valence-electron chi connectivity index (χ3n) is 5.45. The summed E-state index contributed by atoms with van der Waals surface area (Å²) in [4.78, 5) is 0.627. The average molecular weight is 430 g/mol. The van der Waals surface area contributed by atoms with Crippen LogP contribution < -0.4 is 0 Å². The summed E-state index contributed by atoms with van der Waals surface area (Å²) in [5, 5.41) is 11.7. The van der Waals surface area contributed by atoms with Gasteiger partial charge in [-0.2, -0.15) is 0 Å². The van der Waals surface area contributed by atoms with Crippen LogP contribution >= 0.6 is 0 Å². The maximum absolute atomic E-state index is 13.7. The molecule has 0 fully saturated rings. The number of nitrogens with zero attached hydrogens (tertiary/aromatic N) is 1. The van der Waals surface area contributed by atoms with E-state index in [4.69, 9.17) is 9.47 Å². The van der Waals surface area contributed by atoms with E-state index in [9.17, 15) is 9.32 Å². The minimum Gasteiger partial charge on any atom is -0.498 e. The summed E-state index contributed by atoms with van der Waals surface area (Å²) >= 11 is 0. The molecular formula is C24H31NO4S. The van der Waals surface area contributed by atoms with Gasteiger partial charge >= 0.3 is 0 Å². The first kappa shape index (κ1) is 22.5. The van der Waals surface area contributed by atoms with E-state index in [0.717, 1.165) is 17.7 Å². The fraction of sp³-hybridized carbons (Fsp3) is 0.417. The molecule has 5 nitrogen and oxygen atoms in total. The number of benzene rings is 2. The Morgan fingerprint density at radius 2 is 1.80 bits per heavy atom. The van der Waals surface area contributed by atoms with Crippen LogP contribution in [0.2, 0.25) is 0 Å². The summed E-state index contributed by atoms with van der Waals surface area (Å²) in [6.07, 6.45) is 3.17. The van der Waals surface area contributed by atoms with Gasteiger partial charge in [-0.1, -0.05) is 48.5 Å². The van der Waals surface area contributed by atoms with Crippen molar-refractivity contribution in [2.75, 3.05) is 26.0 Å². The van der Waals surface area contributed by atoms with Crippen LogP contribution in [0.5, 0.6) is 0 Å². The summed E-state index contributed by atoms with van der Waals surface area (Å²) in [5.74, 6) is 0.554. The van der Waals surface area contributed by atoms with Gasteiger partial charge in [0.25, 0.3) is 0 Å². The second kappa shape index (κ2) is 10.2. The molecule has 3 rings (SSSR count). The number of hydrogen-bond donors (Lipinski definition) is 1. The molecule has 6 heteroatoms. The molecule has 162 valence electrons. The number of rotatable bonds is 9. The summed E-state index contributed by atoms with van der Waals surface area (Å²) in [5.41, 5.74) is -0.245. The molecule has 3 unspecified atom stereocenters. The smallest absolute Gasteiger partial charge is 0.104 e. The number of hydrogen-bond acceptors (Lipinski definition) is 5. The minimum atomic E-state index is -2.79. The third-order valence-corrected chi connectivity index (χ3v) is 7.90. The van der Waals surface area contributed by atoms with Crippen LogP contribution in [0, 0.1) is 5.92 Å². The SMILES string of the molecule is CCOC1=CC(O)(CS(=O)(=NC)c2ccccc2)C(COCc2ccccc2)CC1. The van der Waals surface area contributed by atoms with Crippen LogP contribution in [0.3, 0.4) is 0 Å². The van der Waals surface area contributed by atoms with Gasteiger partial charge in [-0.3, -0.25) is 0 Å². The van der Waals surface area contributed by atoms with Crippen LogP contribution in [-0.2, 0) is 25.8 Å². The molecule has 1 aliphatic rings. The van der Waals surface area contributed by atoms with Crippen molar-refractivity contribution in [3.05, 3.63) is 78.1 Å². The van der Waals surface area contributed by atoms with E-state index in [1.807, 2.05) is 55.5 Å². The molecule has 1 aliphatic carbocycles. The second-order valence-corrected chi connectivity index (χ2v) is 9.96. The van der Waals surface area contributed by atoms with Gasteiger partial charge in [-0.25, -0.2) is 8.57 Å². The Balaban J connectivity index is 1.82.